The first-order chi connectivity index (χ1) is 16.9. The van der Waals surface area contributed by atoms with Gasteiger partial charge in [0.15, 0.2) is 0 Å². The zero-order chi connectivity index (χ0) is 26.7. The smallest absolute Gasteiger partial charge is 0.325 e. The van der Waals surface area contributed by atoms with Crippen LogP contribution < -0.4 is 19.5 Å². The van der Waals surface area contributed by atoms with Crippen molar-refractivity contribution >= 4 is 21.7 Å². The summed E-state index contributed by atoms with van der Waals surface area (Å²) in [7, 11) is -0.830. The zero-order valence-electron chi connectivity index (χ0n) is 22.0. The van der Waals surface area contributed by atoms with Crippen molar-refractivity contribution in [2.75, 3.05) is 32.6 Å². The van der Waals surface area contributed by atoms with Crippen LogP contribution in [-0.2, 0) is 26.2 Å². The van der Waals surface area contributed by atoms with Gasteiger partial charge in [0.1, 0.15) is 40.4 Å². The molecular weight excluding hydrogens is 484 g/mol. The van der Waals surface area contributed by atoms with Crippen LogP contribution in [0.3, 0.4) is 0 Å². The van der Waals surface area contributed by atoms with Gasteiger partial charge in [-0.05, 0) is 56.5 Å². The molecule has 0 aliphatic carbocycles. The van der Waals surface area contributed by atoms with Crippen molar-refractivity contribution in [3.8, 4) is 17.2 Å². The van der Waals surface area contributed by atoms with Gasteiger partial charge in [-0.15, -0.1) is 0 Å². The first-order valence-electron chi connectivity index (χ1n) is 11.8. The van der Waals surface area contributed by atoms with Crippen LogP contribution >= 0.6 is 0 Å². The van der Waals surface area contributed by atoms with Gasteiger partial charge in [0.2, 0.25) is 10.0 Å². The lowest BCUT2D eigenvalue weighted by Gasteiger charge is -2.33. The molecule has 0 bridgehead atoms. The average molecular weight is 521 g/mol. The normalized spacial score (nSPS) is 16.3. The van der Waals surface area contributed by atoms with E-state index in [0.717, 1.165) is 5.56 Å². The molecule has 1 atom stereocenters. The lowest BCUT2D eigenvalue weighted by atomic mass is 10.0. The number of fused-ring (bicyclic) bond motifs is 1. The first kappa shape index (κ1) is 27.6. The Bertz CT molecular complexity index is 1170. The molecule has 0 spiro atoms. The highest BCUT2D eigenvalue weighted by atomic mass is 32.2. The number of rotatable bonds is 8. The van der Waals surface area contributed by atoms with Crippen LogP contribution in [0.25, 0.3) is 0 Å². The molecule has 0 unspecified atom stereocenters. The summed E-state index contributed by atoms with van der Waals surface area (Å²) in [5.74, 6) is 0.955. The number of methoxy groups -OCH3 is 2. The van der Waals surface area contributed by atoms with Crippen molar-refractivity contribution in [2.24, 2.45) is 5.92 Å². The Morgan fingerprint density at radius 1 is 1.03 bits per heavy atom. The van der Waals surface area contributed by atoms with Gasteiger partial charge < -0.3 is 24.3 Å². The van der Waals surface area contributed by atoms with Gasteiger partial charge in [-0.2, -0.15) is 4.31 Å². The van der Waals surface area contributed by atoms with Gasteiger partial charge in [-0.1, -0.05) is 13.8 Å². The molecule has 0 radical (unpaired) electrons. The van der Waals surface area contributed by atoms with Gasteiger partial charge in [0, 0.05) is 25.2 Å². The Morgan fingerprint density at radius 3 is 2.22 bits per heavy atom. The van der Waals surface area contributed by atoms with Crippen LogP contribution in [0.2, 0.25) is 0 Å². The maximum atomic E-state index is 13.7. The molecule has 0 saturated heterocycles. The van der Waals surface area contributed by atoms with Gasteiger partial charge in [-0.25, -0.2) is 8.42 Å². The average Bonchev–Trinajstić information content (AvgIpc) is 2.92. The fraction of sp³-hybridized carbons (Fsp3) is 0.500. The summed E-state index contributed by atoms with van der Waals surface area (Å²) in [4.78, 5) is 13.1. The van der Waals surface area contributed by atoms with Crippen LogP contribution in [0, 0.1) is 5.92 Å². The van der Waals surface area contributed by atoms with Crippen molar-refractivity contribution in [1.29, 1.82) is 0 Å². The zero-order valence-corrected chi connectivity index (χ0v) is 22.8. The van der Waals surface area contributed by atoms with Crippen molar-refractivity contribution < 1.29 is 32.2 Å². The van der Waals surface area contributed by atoms with E-state index in [1.165, 1.54) is 10.4 Å². The van der Waals surface area contributed by atoms with E-state index in [4.69, 9.17) is 18.9 Å². The number of hydrogen-bond acceptors (Lipinski definition) is 8. The Balaban J connectivity index is 1.86. The molecule has 36 heavy (non-hydrogen) atoms. The maximum absolute atomic E-state index is 13.7. The first-order valence-corrected chi connectivity index (χ1v) is 13.3. The summed E-state index contributed by atoms with van der Waals surface area (Å²) in [6, 6.07) is 9.28. The highest BCUT2D eigenvalue weighted by molar-refractivity contribution is 7.89. The molecule has 10 heteroatoms. The third-order valence-electron chi connectivity index (χ3n) is 5.59. The molecule has 9 nitrogen and oxygen atoms in total. The second-order valence-electron chi connectivity index (χ2n) is 9.93. The fourth-order valence-electron chi connectivity index (χ4n) is 4.00. The molecule has 0 saturated carbocycles. The van der Waals surface area contributed by atoms with E-state index in [9.17, 15) is 13.2 Å². The minimum absolute atomic E-state index is 0.0876. The van der Waals surface area contributed by atoms with Gasteiger partial charge in [-0.3, -0.25) is 4.79 Å². The van der Waals surface area contributed by atoms with E-state index in [1.807, 2.05) is 26.0 Å². The number of carbonyl (C=O) groups excluding carboxylic acids is 1. The quantitative estimate of drug-likeness (QED) is 0.520. The predicted molar refractivity (Wildman–Crippen MR) is 137 cm³/mol. The third kappa shape index (κ3) is 6.41. The predicted octanol–water partition coefficient (Wildman–Crippen LogP) is 4.07. The van der Waals surface area contributed by atoms with Crippen LogP contribution in [0.15, 0.2) is 41.3 Å². The summed E-state index contributed by atoms with van der Waals surface area (Å²) in [6.45, 7) is 9.60. The molecule has 2 aromatic rings. The number of carbonyl (C=O) groups is 1. The van der Waals surface area contributed by atoms with Crippen LogP contribution in [0.4, 0.5) is 5.69 Å². The lowest BCUT2D eigenvalue weighted by molar-refractivity contribution is -0.161. The SMILES string of the molecule is COc1cc(COc2ccc3c(c2)NCCN([C@@H](C(=O)OC(C)(C)C)C(C)C)S3(=O)=O)cc(OC)c1. The molecule has 1 N–H and O–H groups in total. The Kier molecular flexibility index (Phi) is 8.40. The van der Waals surface area contributed by atoms with E-state index in [2.05, 4.69) is 5.32 Å². The molecular formula is C26H36N2O7S. The molecule has 0 amide bonds. The Morgan fingerprint density at radius 2 is 1.67 bits per heavy atom. The lowest BCUT2D eigenvalue weighted by Crippen LogP contribution is -2.50. The summed E-state index contributed by atoms with van der Waals surface area (Å²) in [5.41, 5.74) is 0.532. The highest BCUT2D eigenvalue weighted by Gasteiger charge is 2.42. The van der Waals surface area contributed by atoms with Gasteiger partial charge in [0.05, 0.1) is 19.9 Å². The summed E-state index contributed by atoms with van der Waals surface area (Å²) in [6.07, 6.45) is 0. The van der Waals surface area contributed by atoms with Crippen molar-refractivity contribution in [2.45, 2.75) is 57.8 Å². The summed E-state index contributed by atoms with van der Waals surface area (Å²) < 4.78 is 50.7. The number of sulfonamides is 1. The number of esters is 1. The number of ether oxygens (including phenoxy) is 4. The Labute approximate surface area is 213 Å². The molecule has 0 aromatic heterocycles. The van der Waals surface area contributed by atoms with E-state index in [1.54, 1.807) is 53.2 Å². The molecule has 1 aliphatic rings. The van der Waals surface area contributed by atoms with Crippen LogP contribution in [0.5, 0.6) is 17.2 Å². The van der Waals surface area contributed by atoms with Crippen LogP contribution in [0.1, 0.15) is 40.2 Å². The fourth-order valence-corrected chi connectivity index (χ4v) is 5.86. The van der Waals surface area contributed by atoms with Gasteiger partial charge in [0.25, 0.3) is 0 Å². The second-order valence-corrected chi connectivity index (χ2v) is 11.8. The van der Waals surface area contributed by atoms with Crippen LogP contribution in [-0.4, -0.2) is 57.6 Å². The summed E-state index contributed by atoms with van der Waals surface area (Å²) >= 11 is 0. The van der Waals surface area contributed by atoms with E-state index < -0.39 is 27.6 Å². The topological polar surface area (TPSA) is 103 Å². The van der Waals surface area contributed by atoms with E-state index in [-0.39, 0.29) is 24.0 Å². The molecule has 3 rings (SSSR count). The number of hydrogen-bond donors (Lipinski definition) is 1. The van der Waals surface area contributed by atoms with Gasteiger partial charge >= 0.3 is 5.97 Å². The standard InChI is InChI=1S/C26H36N2O7S/c1-17(2)24(25(29)35-26(3,4)5)28-11-10-27-22-15-19(8-9-23(22)36(28,30)31)34-16-18-12-20(32-6)14-21(13-18)33-7/h8-9,12-15,17,24,27H,10-11,16H2,1-7H3/t24-/m1/s1. The second kappa shape index (κ2) is 11.0. The van der Waals surface area contributed by atoms with Crippen molar-refractivity contribution in [3.05, 3.63) is 42.0 Å². The largest absolute Gasteiger partial charge is 0.497 e. The molecule has 198 valence electrons. The third-order valence-corrected chi connectivity index (χ3v) is 7.53. The molecule has 0 fully saturated rings. The maximum Gasteiger partial charge on any atom is 0.325 e. The highest BCUT2D eigenvalue weighted by Crippen LogP contribution is 2.34. The molecule has 1 aliphatic heterocycles. The van der Waals surface area contributed by atoms with Crippen molar-refractivity contribution in [3.63, 3.8) is 0 Å². The number of nitrogens with one attached hydrogen (secondary N) is 1. The molecule has 2 aromatic carbocycles. The summed E-state index contributed by atoms with van der Waals surface area (Å²) in [5, 5.41) is 3.17. The van der Waals surface area contributed by atoms with Crippen molar-refractivity contribution in [1.82, 2.24) is 4.31 Å². The monoisotopic (exact) mass is 520 g/mol. The Hall–Kier alpha value is -2.98. The number of nitrogens with zero attached hydrogens (tertiary/aromatic N) is 1. The minimum Gasteiger partial charge on any atom is -0.497 e. The van der Waals surface area contributed by atoms with E-state index in [0.29, 0.717) is 29.5 Å². The molecule has 1 heterocycles. The minimum atomic E-state index is -3.98. The number of anilines is 1. The van der Waals surface area contributed by atoms with E-state index >= 15 is 0 Å². The number of benzene rings is 2.